The number of benzene rings is 1. The molecule has 1 aliphatic heterocycles. The van der Waals surface area contributed by atoms with Gasteiger partial charge in [0.1, 0.15) is 11.9 Å². The minimum absolute atomic E-state index is 0.00955. The Kier molecular flexibility index (Phi) is 6.45. The Morgan fingerprint density at radius 3 is 2.60 bits per heavy atom. The fourth-order valence-corrected chi connectivity index (χ4v) is 3.85. The maximum Gasteiger partial charge on any atom is 0.118 e. The number of pyridine rings is 1. The number of hydrogen-bond acceptors (Lipinski definition) is 5. The fraction of sp³-hybridized carbons (Fsp3) is 0.417. The van der Waals surface area contributed by atoms with Crippen molar-refractivity contribution in [2.24, 2.45) is 0 Å². The van der Waals surface area contributed by atoms with Crippen molar-refractivity contribution in [1.29, 1.82) is 0 Å². The molecular formula is C24H30N4O2. The molecule has 3 heterocycles. The average molecular weight is 407 g/mol. The van der Waals surface area contributed by atoms with Crippen LogP contribution in [0.25, 0.3) is 0 Å². The van der Waals surface area contributed by atoms with E-state index in [1.54, 1.807) is 7.11 Å². The summed E-state index contributed by atoms with van der Waals surface area (Å²) in [6.07, 6.45) is 4.99. The van der Waals surface area contributed by atoms with Crippen molar-refractivity contribution in [3.63, 3.8) is 0 Å². The lowest BCUT2D eigenvalue weighted by atomic mass is 10.1. The van der Waals surface area contributed by atoms with Gasteiger partial charge in [-0.05, 0) is 49.6 Å². The fourth-order valence-electron chi connectivity index (χ4n) is 3.85. The molecule has 1 aliphatic rings. The summed E-state index contributed by atoms with van der Waals surface area (Å²) in [5.74, 6) is 0.878. The van der Waals surface area contributed by atoms with Gasteiger partial charge in [0.05, 0.1) is 25.1 Å². The highest BCUT2D eigenvalue weighted by atomic mass is 16.5. The molecule has 158 valence electrons. The van der Waals surface area contributed by atoms with Gasteiger partial charge in [-0.3, -0.25) is 14.6 Å². The highest BCUT2D eigenvalue weighted by Crippen LogP contribution is 2.23. The predicted octanol–water partition coefficient (Wildman–Crippen LogP) is 3.78. The molecule has 0 N–H and O–H groups in total. The molecule has 0 aliphatic carbocycles. The number of nitrogens with zero attached hydrogens (tertiary/aromatic N) is 4. The second kappa shape index (κ2) is 9.41. The van der Waals surface area contributed by atoms with Crippen LogP contribution in [0.15, 0.2) is 48.8 Å². The smallest absolute Gasteiger partial charge is 0.118 e. The number of aromatic nitrogens is 3. The Morgan fingerprint density at radius 1 is 1.13 bits per heavy atom. The van der Waals surface area contributed by atoms with Crippen LogP contribution in [0.4, 0.5) is 0 Å². The molecule has 0 bridgehead atoms. The van der Waals surface area contributed by atoms with E-state index in [9.17, 15) is 0 Å². The first kappa shape index (κ1) is 20.6. The molecular weight excluding hydrogens is 376 g/mol. The molecule has 0 amide bonds. The highest BCUT2D eigenvalue weighted by Gasteiger charge is 2.24. The van der Waals surface area contributed by atoms with E-state index in [2.05, 4.69) is 54.3 Å². The average Bonchev–Trinajstić information content (AvgIpc) is 3.14. The number of methoxy groups -OCH3 is 1. The second-order valence-corrected chi connectivity index (χ2v) is 7.81. The SMILES string of the molecule is CCn1cc(CN2CCOC(c3ccc(Cc4ccc(OC)cc4)cn3)C2)c(C)n1. The van der Waals surface area contributed by atoms with Gasteiger partial charge in [-0.25, -0.2) is 0 Å². The number of ether oxygens (including phenoxy) is 2. The van der Waals surface area contributed by atoms with Gasteiger partial charge in [-0.2, -0.15) is 5.10 Å². The molecule has 1 aromatic carbocycles. The maximum absolute atomic E-state index is 6.03. The third-order valence-corrected chi connectivity index (χ3v) is 5.66. The standard InChI is InChI=1S/C24H30N4O2/c1-4-28-16-21(18(2)26-28)15-27-11-12-30-24(17-27)23-10-7-20(14-25-23)13-19-5-8-22(29-3)9-6-19/h5-10,14,16,24H,4,11-13,15,17H2,1-3H3. The van der Waals surface area contributed by atoms with Gasteiger partial charge in [0.25, 0.3) is 0 Å². The molecule has 1 saturated heterocycles. The van der Waals surface area contributed by atoms with Crippen LogP contribution in [-0.2, 0) is 24.2 Å². The first-order valence-electron chi connectivity index (χ1n) is 10.6. The summed E-state index contributed by atoms with van der Waals surface area (Å²) in [6.45, 7) is 8.51. The molecule has 0 radical (unpaired) electrons. The van der Waals surface area contributed by atoms with Gasteiger partial charge in [-0.1, -0.05) is 18.2 Å². The van der Waals surface area contributed by atoms with Crippen LogP contribution in [0.1, 0.15) is 41.1 Å². The van der Waals surface area contributed by atoms with Gasteiger partial charge < -0.3 is 9.47 Å². The summed E-state index contributed by atoms with van der Waals surface area (Å²) in [5.41, 5.74) is 5.84. The minimum atomic E-state index is 0.00955. The predicted molar refractivity (Wildman–Crippen MR) is 117 cm³/mol. The second-order valence-electron chi connectivity index (χ2n) is 7.81. The van der Waals surface area contributed by atoms with Crippen LogP contribution in [0.3, 0.4) is 0 Å². The largest absolute Gasteiger partial charge is 0.497 e. The third kappa shape index (κ3) is 4.89. The van der Waals surface area contributed by atoms with Crippen molar-refractivity contribution in [2.45, 2.75) is 39.5 Å². The number of morpholine rings is 1. The summed E-state index contributed by atoms with van der Waals surface area (Å²) in [5, 5.41) is 4.56. The number of rotatable bonds is 7. The van der Waals surface area contributed by atoms with E-state index in [-0.39, 0.29) is 6.10 Å². The van der Waals surface area contributed by atoms with E-state index in [1.807, 2.05) is 23.0 Å². The lowest BCUT2D eigenvalue weighted by Gasteiger charge is -2.32. The molecule has 0 saturated carbocycles. The van der Waals surface area contributed by atoms with Gasteiger partial charge in [0.15, 0.2) is 0 Å². The molecule has 2 aromatic heterocycles. The molecule has 1 atom stereocenters. The van der Waals surface area contributed by atoms with Crippen molar-refractivity contribution in [3.05, 3.63) is 76.9 Å². The zero-order valence-corrected chi connectivity index (χ0v) is 18.0. The summed E-state index contributed by atoms with van der Waals surface area (Å²) < 4.78 is 13.3. The molecule has 6 heteroatoms. The van der Waals surface area contributed by atoms with Crippen molar-refractivity contribution < 1.29 is 9.47 Å². The molecule has 3 aromatic rings. The van der Waals surface area contributed by atoms with Crippen LogP contribution in [-0.4, -0.2) is 46.5 Å². The first-order valence-corrected chi connectivity index (χ1v) is 10.6. The zero-order valence-electron chi connectivity index (χ0n) is 18.0. The first-order chi connectivity index (χ1) is 14.6. The summed E-state index contributed by atoms with van der Waals surface area (Å²) in [7, 11) is 1.69. The van der Waals surface area contributed by atoms with Crippen molar-refractivity contribution in [1.82, 2.24) is 19.7 Å². The van der Waals surface area contributed by atoms with Crippen molar-refractivity contribution >= 4 is 0 Å². The molecule has 1 fully saturated rings. The van der Waals surface area contributed by atoms with Gasteiger partial charge in [-0.15, -0.1) is 0 Å². The quantitative estimate of drug-likeness (QED) is 0.598. The van der Waals surface area contributed by atoms with Crippen LogP contribution in [0.5, 0.6) is 5.75 Å². The lowest BCUT2D eigenvalue weighted by molar-refractivity contribution is -0.0350. The van der Waals surface area contributed by atoms with E-state index in [0.29, 0.717) is 0 Å². The number of hydrogen-bond donors (Lipinski definition) is 0. The Labute approximate surface area is 178 Å². The summed E-state index contributed by atoms with van der Waals surface area (Å²) >= 11 is 0. The zero-order chi connectivity index (χ0) is 20.9. The van der Waals surface area contributed by atoms with Crippen molar-refractivity contribution in [2.75, 3.05) is 26.8 Å². The summed E-state index contributed by atoms with van der Waals surface area (Å²) in [6, 6.07) is 12.4. The monoisotopic (exact) mass is 406 g/mol. The van der Waals surface area contributed by atoms with E-state index >= 15 is 0 Å². The van der Waals surface area contributed by atoms with Crippen molar-refractivity contribution in [3.8, 4) is 5.75 Å². The molecule has 30 heavy (non-hydrogen) atoms. The molecule has 0 spiro atoms. The van der Waals surface area contributed by atoms with E-state index < -0.39 is 0 Å². The Bertz CT molecular complexity index is 950. The Morgan fingerprint density at radius 2 is 1.93 bits per heavy atom. The van der Waals surface area contributed by atoms with Crippen LogP contribution in [0.2, 0.25) is 0 Å². The Hall–Kier alpha value is -2.70. The van der Waals surface area contributed by atoms with E-state index in [4.69, 9.17) is 14.5 Å². The van der Waals surface area contributed by atoms with Gasteiger partial charge >= 0.3 is 0 Å². The lowest BCUT2D eigenvalue weighted by Crippen LogP contribution is -2.38. The number of aryl methyl sites for hydroxylation is 2. The molecule has 1 unspecified atom stereocenters. The molecule has 6 nitrogen and oxygen atoms in total. The normalized spacial score (nSPS) is 17.2. The van der Waals surface area contributed by atoms with Crippen LogP contribution in [0, 0.1) is 6.92 Å². The molecule has 4 rings (SSSR count). The minimum Gasteiger partial charge on any atom is -0.497 e. The maximum atomic E-state index is 6.03. The van der Waals surface area contributed by atoms with Crippen LogP contribution < -0.4 is 4.74 Å². The third-order valence-electron chi connectivity index (χ3n) is 5.66. The Balaban J connectivity index is 1.37. The van der Waals surface area contributed by atoms with Gasteiger partial charge in [0.2, 0.25) is 0 Å². The van der Waals surface area contributed by atoms with E-state index in [0.717, 1.165) is 56.3 Å². The van der Waals surface area contributed by atoms with Crippen LogP contribution >= 0.6 is 0 Å². The highest BCUT2D eigenvalue weighted by molar-refractivity contribution is 5.31. The topological polar surface area (TPSA) is 52.4 Å². The van der Waals surface area contributed by atoms with E-state index in [1.165, 1.54) is 16.7 Å². The summed E-state index contributed by atoms with van der Waals surface area (Å²) in [4.78, 5) is 7.15. The van der Waals surface area contributed by atoms with Gasteiger partial charge in [0, 0.05) is 44.1 Å².